The minimum atomic E-state index is 0.0461. The number of fused-ring (bicyclic) bond motifs is 1. The number of nitrogens with one attached hydrogen (secondary N) is 1. The third-order valence-corrected chi connectivity index (χ3v) is 6.27. The van der Waals surface area contributed by atoms with Gasteiger partial charge in [-0.1, -0.05) is 28.9 Å². The van der Waals surface area contributed by atoms with Crippen LogP contribution in [0.2, 0.25) is 0 Å². The van der Waals surface area contributed by atoms with Gasteiger partial charge in [0.15, 0.2) is 0 Å². The van der Waals surface area contributed by atoms with Gasteiger partial charge in [0.05, 0.1) is 12.7 Å². The van der Waals surface area contributed by atoms with Crippen molar-refractivity contribution in [2.45, 2.75) is 57.2 Å². The molecule has 2 aliphatic heterocycles. The van der Waals surface area contributed by atoms with E-state index in [1.54, 1.807) is 0 Å². The number of carbonyl (C=O) groups excluding carboxylic acids is 1. The first-order valence-electron chi connectivity index (χ1n) is 10.7. The molecule has 7 nitrogen and oxygen atoms in total. The smallest absolute Gasteiger partial charge is 0.227 e. The minimum Gasteiger partial charge on any atom is -0.375 e. The molecule has 2 saturated heterocycles. The molecular weight excluding hydrogens is 368 g/mol. The first-order valence-corrected chi connectivity index (χ1v) is 10.7. The second-order valence-electron chi connectivity index (χ2n) is 8.70. The molecule has 7 heteroatoms. The summed E-state index contributed by atoms with van der Waals surface area (Å²) >= 11 is 0. The van der Waals surface area contributed by atoms with Gasteiger partial charge in [-0.15, -0.1) is 0 Å². The van der Waals surface area contributed by atoms with Gasteiger partial charge in [0.1, 0.15) is 0 Å². The van der Waals surface area contributed by atoms with Crippen LogP contribution in [0.15, 0.2) is 28.8 Å². The number of morpholine rings is 1. The van der Waals surface area contributed by atoms with Crippen molar-refractivity contribution in [3.05, 3.63) is 35.7 Å². The summed E-state index contributed by atoms with van der Waals surface area (Å²) in [5, 5.41) is 7.23. The molecule has 5 rings (SSSR count). The topological polar surface area (TPSA) is 80.5 Å². The summed E-state index contributed by atoms with van der Waals surface area (Å²) in [6, 6.07) is 8.64. The molecule has 3 atom stereocenters. The highest BCUT2D eigenvalue weighted by Crippen LogP contribution is 2.37. The van der Waals surface area contributed by atoms with Gasteiger partial charge in [0.25, 0.3) is 0 Å². The molecule has 154 valence electrons. The number of benzene rings is 1. The van der Waals surface area contributed by atoms with E-state index < -0.39 is 0 Å². The van der Waals surface area contributed by atoms with Gasteiger partial charge < -0.3 is 14.6 Å². The molecule has 2 aromatic rings. The molecule has 3 heterocycles. The monoisotopic (exact) mass is 396 g/mol. The minimum absolute atomic E-state index is 0.0461. The van der Waals surface area contributed by atoms with E-state index in [-0.39, 0.29) is 11.9 Å². The van der Waals surface area contributed by atoms with Crippen LogP contribution in [0.5, 0.6) is 0 Å². The zero-order valence-electron chi connectivity index (χ0n) is 16.8. The van der Waals surface area contributed by atoms with E-state index in [2.05, 4.69) is 20.4 Å². The van der Waals surface area contributed by atoms with Gasteiger partial charge in [0.2, 0.25) is 17.6 Å². The molecule has 0 bridgehead atoms. The van der Waals surface area contributed by atoms with Crippen molar-refractivity contribution in [2.24, 2.45) is 5.92 Å². The molecule has 1 aromatic carbocycles. The Morgan fingerprint density at radius 2 is 2.21 bits per heavy atom. The Hall–Kier alpha value is -2.25. The predicted molar refractivity (Wildman–Crippen MR) is 107 cm³/mol. The fourth-order valence-electron chi connectivity index (χ4n) is 4.54. The lowest BCUT2D eigenvalue weighted by molar-refractivity contribution is -0.121. The predicted octanol–water partition coefficient (Wildman–Crippen LogP) is 2.35. The zero-order valence-corrected chi connectivity index (χ0v) is 16.8. The zero-order chi connectivity index (χ0) is 19.8. The Balaban J connectivity index is 1.10. The molecule has 1 aromatic heterocycles. The largest absolute Gasteiger partial charge is 0.375 e. The van der Waals surface area contributed by atoms with Crippen LogP contribution in [0.1, 0.15) is 37.1 Å². The Labute approximate surface area is 170 Å². The average molecular weight is 396 g/mol. The molecule has 0 unspecified atom stereocenters. The van der Waals surface area contributed by atoms with Crippen LogP contribution in [-0.2, 0) is 16.0 Å². The second kappa shape index (κ2) is 7.88. The maximum atomic E-state index is 12.4. The Morgan fingerprint density at radius 1 is 1.31 bits per heavy atom. The van der Waals surface area contributed by atoms with Crippen molar-refractivity contribution in [2.75, 3.05) is 19.7 Å². The van der Waals surface area contributed by atoms with Crippen molar-refractivity contribution >= 4 is 5.91 Å². The summed E-state index contributed by atoms with van der Waals surface area (Å²) < 4.78 is 11.4. The molecule has 1 N–H and O–H groups in total. The van der Waals surface area contributed by atoms with Crippen LogP contribution in [-0.4, -0.2) is 58.8 Å². The summed E-state index contributed by atoms with van der Waals surface area (Å²) in [7, 11) is 0. The van der Waals surface area contributed by atoms with Crippen LogP contribution < -0.4 is 5.32 Å². The molecule has 0 spiro atoms. The standard InChI is InChI=1S/C22H28N4O3/c1-14-3-2-4-16(9-14)22-24-21(29-25-22)8-7-20(27)23-17-10-18-13-28-19(15-5-6-15)12-26(18)11-17/h2-4,9,15,17-19H,5-8,10-13H2,1H3,(H,23,27)/t17-,18+,19+/m1/s1. The molecule has 1 saturated carbocycles. The number of ether oxygens (including phenoxy) is 1. The fourth-order valence-corrected chi connectivity index (χ4v) is 4.54. The number of aryl methyl sites for hydroxylation is 2. The Kier molecular flexibility index (Phi) is 5.09. The van der Waals surface area contributed by atoms with Gasteiger partial charge in [-0.3, -0.25) is 9.69 Å². The van der Waals surface area contributed by atoms with Gasteiger partial charge in [-0.05, 0) is 38.2 Å². The molecule has 1 aliphatic carbocycles. The summed E-state index contributed by atoms with van der Waals surface area (Å²) in [4.78, 5) is 19.4. The van der Waals surface area contributed by atoms with Gasteiger partial charge in [-0.25, -0.2) is 0 Å². The molecule has 29 heavy (non-hydrogen) atoms. The number of carbonyl (C=O) groups is 1. The molecule has 3 fully saturated rings. The highest BCUT2D eigenvalue weighted by Gasteiger charge is 2.42. The van der Waals surface area contributed by atoms with E-state index in [9.17, 15) is 4.79 Å². The van der Waals surface area contributed by atoms with E-state index in [4.69, 9.17) is 9.26 Å². The van der Waals surface area contributed by atoms with Gasteiger partial charge >= 0.3 is 0 Å². The van der Waals surface area contributed by atoms with Gasteiger partial charge in [-0.2, -0.15) is 4.98 Å². The Bertz CT molecular complexity index is 878. The summed E-state index contributed by atoms with van der Waals surface area (Å²) in [6.07, 6.45) is 4.81. The third-order valence-electron chi connectivity index (χ3n) is 6.27. The number of amides is 1. The molecular formula is C22H28N4O3. The summed E-state index contributed by atoms with van der Waals surface area (Å²) in [6.45, 7) is 4.78. The van der Waals surface area contributed by atoms with Crippen molar-refractivity contribution < 1.29 is 14.1 Å². The van der Waals surface area contributed by atoms with Crippen molar-refractivity contribution in [1.82, 2.24) is 20.4 Å². The number of nitrogens with zero attached hydrogens (tertiary/aromatic N) is 3. The quantitative estimate of drug-likeness (QED) is 0.807. The van der Waals surface area contributed by atoms with E-state index in [0.29, 0.717) is 36.7 Å². The van der Waals surface area contributed by atoms with E-state index in [1.165, 1.54) is 12.8 Å². The lowest BCUT2D eigenvalue weighted by Gasteiger charge is -2.35. The highest BCUT2D eigenvalue weighted by molar-refractivity contribution is 5.76. The third kappa shape index (κ3) is 4.36. The van der Waals surface area contributed by atoms with Crippen LogP contribution in [0, 0.1) is 12.8 Å². The van der Waals surface area contributed by atoms with Crippen molar-refractivity contribution in [3.8, 4) is 11.4 Å². The van der Waals surface area contributed by atoms with Crippen LogP contribution in [0.3, 0.4) is 0 Å². The number of hydrogen-bond donors (Lipinski definition) is 1. The first kappa shape index (κ1) is 18.8. The van der Waals surface area contributed by atoms with E-state index >= 15 is 0 Å². The van der Waals surface area contributed by atoms with E-state index in [0.717, 1.165) is 43.2 Å². The van der Waals surface area contributed by atoms with Crippen molar-refractivity contribution in [1.29, 1.82) is 0 Å². The lowest BCUT2D eigenvalue weighted by atomic mass is 10.1. The van der Waals surface area contributed by atoms with Gasteiger partial charge in [0, 0.05) is 43.6 Å². The van der Waals surface area contributed by atoms with Crippen LogP contribution in [0.4, 0.5) is 0 Å². The first-order chi connectivity index (χ1) is 14.1. The maximum Gasteiger partial charge on any atom is 0.227 e. The maximum absolute atomic E-state index is 12.4. The fraction of sp³-hybridized carbons (Fsp3) is 0.591. The lowest BCUT2D eigenvalue weighted by Crippen LogP contribution is -2.47. The number of aromatic nitrogens is 2. The summed E-state index contributed by atoms with van der Waals surface area (Å²) in [5.41, 5.74) is 2.08. The Morgan fingerprint density at radius 3 is 3.03 bits per heavy atom. The second-order valence-corrected chi connectivity index (χ2v) is 8.70. The molecule has 0 radical (unpaired) electrons. The number of rotatable bonds is 6. The average Bonchev–Trinajstić information content (AvgIpc) is 3.31. The van der Waals surface area contributed by atoms with Crippen molar-refractivity contribution in [3.63, 3.8) is 0 Å². The number of hydrogen-bond acceptors (Lipinski definition) is 6. The highest BCUT2D eigenvalue weighted by atomic mass is 16.5. The normalized spacial score (nSPS) is 27.0. The molecule has 3 aliphatic rings. The van der Waals surface area contributed by atoms with E-state index in [1.807, 2.05) is 31.2 Å². The SMILES string of the molecule is Cc1cccc(-c2noc(CCC(=O)N[C@@H]3C[C@H]4CO[C@H](C5CC5)CN4C3)n2)c1. The molecule has 1 amide bonds. The van der Waals surface area contributed by atoms with Crippen LogP contribution >= 0.6 is 0 Å². The van der Waals surface area contributed by atoms with Crippen LogP contribution in [0.25, 0.3) is 11.4 Å². The summed E-state index contributed by atoms with van der Waals surface area (Å²) in [5.74, 6) is 1.89.